The molecule has 1 saturated carbocycles. The Bertz CT molecular complexity index is 782. The Morgan fingerprint density at radius 1 is 1.27 bits per heavy atom. The number of rotatable bonds is 6. The van der Waals surface area contributed by atoms with Crippen molar-refractivity contribution >= 4 is 17.5 Å². The Morgan fingerprint density at radius 3 is 2.70 bits per heavy atom. The van der Waals surface area contributed by atoms with Gasteiger partial charge in [-0.2, -0.15) is 0 Å². The fourth-order valence-corrected chi connectivity index (χ4v) is 5.06. The van der Waals surface area contributed by atoms with E-state index in [1.54, 1.807) is 0 Å². The third-order valence-electron chi connectivity index (χ3n) is 6.64. The van der Waals surface area contributed by atoms with Crippen LogP contribution in [-0.4, -0.2) is 48.6 Å². The third kappa shape index (κ3) is 4.93. The summed E-state index contributed by atoms with van der Waals surface area (Å²) >= 11 is 0. The fourth-order valence-electron chi connectivity index (χ4n) is 5.06. The van der Waals surface area contributed by atoms with E-state index in [1.807, 2.05) is 20.9 Å². The Hall–Kier alpha value is -2.17. The van der Waals surface area contributed by atoms with Crippen LogP contribution in [0, 0.1) is 0 Å². The van der Waals surface area contributed by atoms with Gasteiger partial charge in [-0.1, -0.05) is 32.3 Å². The number of aliphatic imine (C=N–C) groups is 1. The van der Waals surface area contributed by atoms with Crippen molar-refractivity contribution in [3.63, 3.8) is 0 Å². The van der Waals surface area contributed by atoms with E-state index in [4.69, 9.17) is 0 Å². The summed E-state index contributed by atoms with van der Waals surface area (Å²) < 4.78 is 0. The van der Waals surface area contributed by atoms with E-state index in [9.17, 15) is 9.59 Å². The van der Waals surface area contributed by atoms with Crippen molar-refractivity contribution in [2.45, 2.75) is 84.1 Å². The quantitative estimate of drug-likeness (QED) is 0.654. The van der Waals surface area contributed by atoms with Crippen molar-refractivity contribution in [3.8, 4) is 0 Å². The summed E-state index contributed by atoms with van der Waals surface area (Å²) in [6, 6.07) is 0.393. The molecule has 1 aliphatic heterocycles. The van der Waals surface area contributed by atoms with Crippen molar-refractivity contribution in [3.05, 3.63) is 34.4 Å². The van der Waals surface area contributed by atoms with Crippen LogP contribution >= 0.6 is 0 Å². The number of nitrogens with one attached hydrogen (secondary N) is 1. The predicted octanol–water partition coefficient (Wildman–Crippen LogP) is 4.50. The maximum absolute atomic E-state index is 13.6. The molecular weight excluding hydrogens is 374 g/mol. The number of carbonyl (C=O) groups is 2. The third-order valence-corrected chi connectivity index (χ3v) is 6.64. The molecule has 0 spiro atoms. The van der Waals surface area contributed by atoms with Crippen LogP contribution in [-0.2, 0) is 9.59 Å². The zero-order chi connectivity index (χ0) is 21.5. The standard InChI is InChI=1S/C25H37N3O2/c1-4-20-18(11-9-15-27-23(29)5-2)17-22-21(24(20)26-3)14-10-16-28(25(22)30)19-12-7-6-8-13-19/h4,17,19H,5-16H2,1-3H3,(H,27,29)/b20-4-,26-24?. The van der Waals surface area contributed by atoms with Crippen LogP contribution in [0.1, 0.15) is 78.1 Å². The first-order chi connectivity index (χ1) is 14.6. The van der Waals surface area contributed by atoms with E-state index >= 15 is 0 Å². The summed E-state index contributed by atoms with van der Waals surface area (Å²) in [5.41, 5.74) is 5.29. The Labute approximate surface area is 181 Å². The zero-order valence-electron chi connectivity index (χ0n) is 18.9. The van der Waals surface area contributed by atoms with Gasteiger partial charge < -0.3 is 10.2 Å². The van der Waals surface area contributed by atoms with Crippen LogP contribution in [0.15, 0.2) is 39.4 Å². The van der Waals surface area contributed by atoms with Crippen LogP contribution in [0.4, 0.5) is 0 Å². The molecule has 0 aromatic rings. The van der Waals surface area contributed by atoms with Crippen molar-refractivity contribution in [1.29, 1.82) is 0 Å². The normalized spacial score (nSPS) is 23.5. The first kappa shape index (κ1) is 22.5. The summed E-state index contributed by atoms with van der Waals surface area (Å²) in [5.74, 6) is 0.282. The summed E-state index contributed by atoms with van der Waals surface area (Å²) in [5, 5.41) is 2.95. The van der Waals surface area contributed by atoms with Crippen LogP contribution in [0.2, 0.25) is 0 Å². The predicted molar refractivity (Wildman–Crippen MR) is 123 cm³/mol. The Kier molecular flexibility index (Phi) is 8.06. The largest absolute Gasteiger partial charge is 0.356 e. The Balaban J connectivity index is 1.85. The molecule has 5 heteroatoms. The van der Waals surface area contributed by atoms with E-state index in [0.29, 0.717) is 19.0 Å². The van der Waals surface area contributed by atoms with Gasteiger partial charge in [-0.05, 0) is 68.2 Å². The van der Waals surface area contributed by atoms with Gasteiger partial charge >= 0.3 is 0 Å². The number of carbonyl (C=O) groups excluding carboxylic acids is 2. The number of nitrogens with zero attached hydrogens (tertiary/aromatic N) is 2. The molecule has 164 valence electrons. The second-order valence-corrected chi connectivity index (χ2v) is 8.54. The second kappa shape index (κ2) is 10.7. The highest BCUT2D eigenvalue weighted by Gasteiger charge is 2.34. The van der Waals surface area contributed by atoms with Gasteiger partial charge in [0.2, 0.25) is 5.91 Å². The highest BCUT2D eigenvalue weighted by molar-refractivity contribution is 6.21. The van der Waals surface area contributed by atoms with Crippen molar-refractivity contribution in [2.75, 3.05) is 20.1 Å². The molecule has 1 heterocycles. The molecular formula is C25H37N3O2. The van der Waals surface area contributed by atoms with Crippen LogP contribution < -0.4 is 5.32 Å². The number of amides is 2. The maximum atomic E-state index is 13.6. The molecule has 1 fully saturated rings. The highest BCUT2D eigenvalue weighted by Crippen LogP contribution is 2.36. The van der Waals surface area contributed by atoms with Crippen LogP contribution in [0.25, 0.3) is 0 Å². The summed E-state index contributed by atoms with van der Waals surface area (Å²) in [6.07, 6.45) is 14.4. The summed E-state index contributed by atoms with van der Waals surface area (Å²) in [4.78, 5) is 31.9. The van der Waals surface area contributed by atoms with Gasteiger partial charge in [-0.3, -0.25) is 14.6 Å². The topological polar surface area (TPSA) is 61.8 Å². The lowest BCUT2D eigenvalue weighted by atomic mass is 9.82. The zero-order valence-corrected chi connectivity index (χ0v) is 18.9. The van der Waals surface area contributed by atoms with E-state index in [0.717, 1.165) is 67.5 Å². The fraction of sp³-hybridized carbons (Fsp3) is 0.640. The molecule has 0 aromatic heterocycles. The minimum atomic E-state index is 0.0850. The molecule has 3 aliphatic rings. The molecule has 0 saturated heterocycles. The minimum Gasteiger partial charge on any atom is -0.356 e. The minimum absolute atomic E-state index is 0.0850. The average Bonchev–Trinajstić information content (AvgIpc) is 2.94. The molecule has 0 unspecified atom stereocenters. The monoisotopic (exact) mass is 411 g/mol. The molecule has 0 bridgehead atoms. The van der Waals surface area contributed by atoms with E-state index in [-0.39, 0.29) is 11.8 Å². The number of allylic oxidation sites excluding steroid dienone is 4. The number of hydrogen-bond donors (Lipinski definition) is 1. The average molecular weight is 412 g/mol. The van der Waals surface area contributed by atoms with Crippen molar-refractivity contribution in [2.24, 2.45) is 4.99 Å². The first-order valence-corrected chi connectivity index (χ1v) is 11.8. The van der Waals surface area contributed by atoms with Gasteiger partial charge in [-0.25, -0.2) is 0 Å². The molecule has 2 aliphatic carbocycles. The lowest BCUT2D eigenvalue weighted by Crippen LogP contribution is -2.42. The second-order valence-electron chi connectivity index (χ2n) is 8.54. The molecule has 2 amide bonds. The van der Waals surface area contributed by atoms with E-state index < -0.39 is 0 Å². The molecule has 0 radical (unpaired) electrons. The van der Waals surface area contributed by atoms with Gasteiger partial charge in [0.15, 0.2) is 0 Å². The smallest absolute Gasteiger partial charge is 0.254 e. The van der Waals surface area contributed by atoms with Crippen molar-refractivity contribution < 1.29 is 9.59 Å². The van der Waals surface area contributed by atoms with E-state index in [2.05, 4.69) is 27.4 Å². The van der Waals surface area contributed by atoms with Gasteiger partial charge in [-0.15, -0.1) is 0 Å². The first-order valence-electron chi connectivity index (χ1n) is 11.8. The van der Waals surface area contributed by atoms with Crippen LogP contribution in [0.3, 0.4) is 0 Å². The molecule has 0 aromatic carbocycles. The molecule has 0 atom stereocenters. The summed E-state index contributed by atoms with van der Waals surface area (Å²) in [6.45, 7) is 5.43. The SMILES string of the molecule is C/C=C1/C(CCCNC(=O)CC)=CC2=C(CCCN(C3CCCCC3)C2=O)C1=NC. The van der Waals surface area contributed by atoms with Gasteiger partial charge in [0.1, 0.15) is 0 Å². The molecule has 3 rings (SSSR count). The maximum Gasteiger partial charge on any atom is 0.254 e. The molecule has 1 N–H and O–H groups in total. The van der Waals surface area contributed by atoms with Gasteiger partial charge in [0.05, 0.1) is 5.71 Å². The number of hydrogen-bond acceptors (Lipinski definition) is 3. The lowest BCUT2D eigenvalue weighted by molar-refractivity contribution is -0.129. The highest BCUT2D eigenvalue weighted by atomic mass is 16.2. The summed E-state index contributed by atoms with van der Waals surface area (Å²) in [7, 11) is 1.84. The van der Waals surface area contributed by atoms with E-state index in [1.165, 1.54) is 24.8 Å². The van der Waals surface area contributed by atoms with Gasteiger partial charge in [0, 0.05) is 38.2 Å². The van der Waals surface area contributed by atoms with Crippen molar-refractivity contribution in [1.82, 2.24) is 10.2 Å². The molecule has 5 nitrogen and oxygen atoms in total. The molecule has 30 heavy (non-hydrogen) atoms. The van der Waals surface area contributed by atoms with Crippen LogP contribution in [0.5, 0.6) is 0 Å². The lowest BCUT2D eigenvalue weighted by Gasteiger charge is -2.34. The Morgan fingerprint density at radius 2 is 2.03 bits per heavy atom. The van der Waals surface area contributed by atoms with Gasteiger partial charge in [0.25, 0.3) is 5.91 Å².